The second kappa shape index (κ2) is 51.9. The molecule has 0 saturated heterocycles. The standard InChI is InChI=1S/C84H168N16/c1-82(2,3)76-72-78-80(85-74-76)81-79(73-77(75-86-81)83(4,5)6)84(78,45-28-24-26-30-55-96(66-42-70-99(60-36-50-91(15)16)61-37-51-92(17)18)67-43-71-100(62-38-52-93(19)20)63-39-53-94(21)22)44-27-23-25-29-54-95(65-41-69-98(58-34-48-89(11)12)59-35-49-90(13)14)64-40-68-97(57-33-47-88(9)10)56-32-31-46-87(7)8/h72-75H,23-71H2,1-22H3. The van der Waals surface area contributed by atoms with Crippen molar-refractivity contribution in [3.05, 3.63) is 46.8 Å². The summed E-state index contributed by atoms with van der Waals surface area (Å²) in [5, 5.41) is 0. The molecule has 0 N–H and O–H groups in total. The molecule has 0 bridgehead atoms. The number of unbranched alkanes of at least 4 members (excludes halogenated alkanes) is 7. The van der Waals surface area contributed by atoms with Crippen molar-refractivity contribution in [1.82, 2.24) is 78.6 Å². The van der Waals surface area contributed by atoms with E-state index in [-0.39, 0.29) is 16.2 Å². The zero-order chi connectivity index (χ0) is 73.9. The summed E-state index contributed by atoms with van der Waals surface area (Å²) < 4.78 is 0. The Morgan fingerprint density at radius 1 is 0.230 bits per heavy atom. The summed E-state index contributed by atoms with van der Waals surface area (Å²) in [7, 11) is 35.5. The number of hydrogen-bond acceptors (Lipinski definition) is 16. The van der Waals surface area contributed by atoms with Gasteiger partial charge in [-0.25, -0.2) is 0 Å². The van der Waals surface area contributed by atoms with Gasteiger partial charge in [0.25, 0.3) is 0 Å². The lowest BCUT2D eigenvalue weighted by Crippen LogP contribution is -2.36. The van der Waals surface area contributed by atoms with Gasteiger partial charge in [0.15, 0.2) is 0 Å². The first-order valence-electron chi connectivity index (χ1n) is 41.0. The first kappa shape index (κ1) is 91.9. The third kappa shape index (κ3) is 41.0. The third-order valence-electron chi connectivity index (χ3n) is 21.1. The highest BCUT2D eigenvalue weighted by Crippen LogP contribution is 2.54. The Bertz CT molecular complexity index is 2160. The lowest BCUT2D eigenvalue weighted by Gasteiger charge is -2.34. The molecule has 0 aliphatic heterocycles. The van der Waals surface area contributed by atoms with E-state index in [1.165, 1.54) is 281 Å². The predicted molar refractivity (Wildman–Crippen MR) is 439 cm³/mol. The molecular weight excluding hydrogens is 1230 g/mol. The summed E-state index contributed by atoms with van der Waals surface area (Å²) in [6, 6.07) is 5.21. The monoisotopic (exact) mass is 1400 g/mol. The van der Waals surface area contributed by atoms with E-state index in [0.717, 1.165) is 70.0 Å². The van der Waals surface area contributed by atoms with E-state index in [4.69, 9.17) is 9.97 Å². The van der Waals surface area contributed by atoms with Crippen molar-refractivity contribution in [2.45, 2.75) is 205 Å². The number of aromatic nitrogens is 2. The van der Waals surface area contributed by atoms with Crippen LogP contribution in [0.2, 0.25) is 0 Å². The van der Waals surface area contributed by atoms with Gasteiger partial charge in [0.05, 0.1) is 11.4 Å². The molecule has 16 heteroatoms. The molecule has 0 unspecified atom stereocenters. The minimum atomic E-state index is -0.100. The largest absolute Gasteiger partial charge is 0.309 e. The van der Waals surface area contributed by atoms with Crippen LogP contribution in [0.1, 0.15) is 211 Å². The van der Waals surface area contributed by atoms with Crippen LogP contribution in [0.5, 0.6) is 0 Å². The predicted octanol–water partition coefficient (Wildman–Crippen LogP) is 12.6. The molecule has 2 aromatic rings. The Morgan fingerprint density at radius 3 is 0.610 bits per heavy atom. The van der Waals surface area contributed by atoms with Gasteiger partial charge in [-0.3, -0.25) is 9.97 Å². The van der Waals surface area contributed by atoms with Crippen molar-refractivity contribution in [2.24, 2.45) is 0 Å². The summed E-state index contributed by atoms with van der Waals surface area (Å²) in [5.41, 5.74) is 7.83. The lowest BCUT2D eigenvalue weighted by molar-refractivity contribution is 0.193. The molecule has 2 aromatic heterocycles. The molecule has 1 aliphatic rings. The maximum atomic E-state index is 5.42. The van der Waals surface area contributed by atoms with E-state index in [9.17, 15) is 0 Å². The van der Waals surface area contributed by atoms with Crippen LogP contribution >= 0.6 is 0 Å². The van der Waals surface area contributed by atoms with Gasteiger partial charge >= 0.3 is 0 Å². The molecule has 16 nitrogen and oxygen atoms in total. The summed E-state index contributed by atoms with van der Waals surface area (Å²) >= 11 is 0. The third-order valence-corrected chi connectivity index (χ3v) is 21.1. The zero-order valence-corrected chi connectivity index (χ0v) is 70.6. The maximum Gasteiger partial charge on any atom is 0.0930 e. The molecule has 584 valence electrons. The molecule has 0 saturated carbocycles. The normalized spacial score (nSPS) is 13.8. The molecule has 0 fully saturated rings. The highest BCUT2D eigenvalue weighted by atomic mass is 15.2. The minimum Gasteiger partial charge on any atom is -0.309 e. The van der Waals surface area contributed by atoms with Crippen LogP contribution in [-0.2, 0) is 16.2 Å². The molecule has 0 atom stereocenters. The highest BCUT2D eigenvalue weighted by Gasteiger charge is 2.45. The van der Waals surface area contributed by atoms with Crippen molar-refractivity contribution >= 4 is 0 Å². The van der Waals surface area contributed by atoms with Crippen molar-refractivity contribution in [3.8, 4) is 11.4 Å². The fourth-order valence-electron chi connectivity index (χ4n) is 15.0. The molecule has 0 amide bonds. The van der Waals surface area contributed by atoms with Crippen molar-refractivity contribution < 1.29 is 0 Å². The topological polar surface area (TPSA) is 71.1 Å². The second-order valence-corrected chi connectivity index (χ2v) is 35.2. The zero-order valence-electron chi connectivity index (χ0n) is 70.6. The smallest absolute Gasteiger partial charge is 0.0930 e. The van der Waals surface area contributed by atoms with Crippen LogP contribution in [-0.4, -0.2) is 361 Å². The van der Waals surface area contributed by atoms with E-state index in [1.54, 1.807) is 0 Å². The summed E-state index contributed by atoms with van der Waals surface area (Å²) in [6.07, 6.45) is 33.0. The molecule has 0 radical (unpaired) electrons. The quantitative estimate of drug-likeness (QED) is 0.0590. The van der Waals surface area contributed by atoms with Crippen LogP contribution in [0.15, 0.2) is 24.5 Å². The molecular formula is C84H168N16. The van der Waals surface area contributed by atoms with E-state index >= 15 is 0 Å². The molecule has 100 heavy (non-hydrogen) atoms. The first-order chi connectivity index (χ1) is 47.5. The van der Waals surface area contributed by atoms with E-state index in [1.807, 2.05) is 0 Å². The number of nitrogens with zero attached hydrogens (tertiary/aromatic N) is 16. The Balaban J connectivity index is 1.90. The number of fused-ring (bicyclic) bond motifs is 3. The van der Waals surface area contributed by atoms with Gasteiger partial charge in [0.1, 0.15) is 0 Å². The van der Waals surface area contributed by atoms with Gasteiger partial charge in [0, 0.05) is 17.8 Å². The number of hydrogen-bond donors (Lipinski definition) is 0. The summed E-state index contributed by atoms with van der Waals surface area (Å²) in [4.78, 5) is 46.6. The first-order valence-corrected chi connectivity index (χ1v) is 41.0. The fraction of sp³-hybridized carbons (Fsp3) is 0.881. The Hall–Kier alpha value is -2.26. The lowest BCUT2D eigenvalue weighted by atomic mass is 9.69. The SMILES string of the molecule is CN(C)CCCCN(CCCN(C)C)CCCN(CCCCCCC1(CCCCCCN(CCCN(CCCN(C)C)CCCN(C)C)CCCN(CCCN(C)C)CCCN(C)C)c2cc(C(C)(C)C)cnc2-c2ncc(C(C)(C)C)cc21)CCCN(CCCN(C)C)CCCN(C)C. The van der Waals surface area contributed by atoms with Crippen LogP contribution in [0.25, 0.3) is 11.4 Å². The molecule has 3 rings (SSSR count). The van der Waals surface area contributed by atoms with Gasteiger partial charge in [-0.2, -0.15) is 0 Å². The fourth-order valence-corrected chi connectivity index (χ4v) is 15.0. The van der Waals surface area contributed by atoms with Gasteiger partial charge in [0.2, 0.25) is 0 Å². The van der Waals surface area contributed by atoms with E-state index in [0.29, 0.717) is 0 Å². The van der Waals surface area contributed by atoms with Gasteiger partial charge < -0.3 is 68.6 Å². The number of pyridine rings is 2. The van der Waals surface area contributed by atoms with Crippen LogP contribution in [0, 0.1) is 0 Å². The average Bonchev–Trinajstić information content (AvgIpc) is 1.56. The average molecular weight is 1400 g/mol. The molecule has 2 heterocycles. The van der Waals surface area contributed by atoms with Gasteiger partial charge in [-0.05, 0) is 425 Å². The second-order valence-electron chi connectivity index (χ2n) is 35.2. The molecule has 0 spiro atoms. The van der Waals surface area contributed by atoms with Gasteiger partial charge in [-0.1, -0.05) is 92.2 Å². The van der Waals surface area contributed by atoms with Crippen LogP contribution < -0.4 is 0 Å². The Labute approximate surface area is 622 Å². The molecule has 1 aliphatic carbocycles. The maximum absolute atomic E-state index is 5.42. The van der Waals surface area contributed by atoms with Crippen LogP contribution in [0.3, 0.4) is 0 Å². The highest BCUT2D eigenvalue weighted by molar-refractivity contribution is 5.76. The minimum absolute atomic E-state index is 0.00388. The molecule has 0 aromatic carbocycles. The number of rotatable bonds is 63. The van der Waals surface area contributed by atoms with Crippen LogP contribution in [0.4, 0.5) is 0 Å². The van der Waals surface area contributed by atoms with Crippen molar-refractivity contribution in [2.75, 3.05) is 283 Å². The Morgan fingerprint density at radius 2 is 0.400 bits per heavy atom. The summed E-state index contributed by atoms with van der Waals surface area (Å²) in [6.45, 7) is 45.1. The van der Waals surface area contributed by atoms with Crippen molar-refractivity contribution in [1.29, 1.82) is 0 Å². The van der Waals surface area contributed by atoms with Gasteiger partial charge in [-0.15, -0.1) is 0 Å². The van der Waals surface area contributed by atoms with Crippen molar-refractivity contribution in [3.63, 3.8) is 0 Å². The van der Waals surface area contributed by atoms with E-state index in [2.05, 4.69) is 247 Å². The Kier molecular flexibility index (Phi) is 47.7. The van der Waals surface area contributed by atoms with E-state index < -0.39 is 0 Å². The summed E-state index contributed by atoms with van der Waals surface area (Å²) in [5.74, 6) is 0.